The molecule has 1 aromatic heterocycles. The van der Waals surface area contributed by atoms with Crippen molar-refractivity contribution in [3.8, 4) is 0 Å². The Labute approximate surface area is 149 Å². The monoisotopic (exact) mass is 347 g/mol. The zero-order chi connectivity index (χ0) is 17.8. The van der Waals surface area contributed by atoms with Crippen LogP contribution in [0.5, 0.6) is 0 Å². The fourth-order valence-electron chi connectivity index (χ4n) is 3.80. The third-order valence-electron chi connectivity index (χ3n) is 5.15. The lowest BCUT2D eigenvalue weighted by atomic mass is 9.91. The lowest BCUT2D eigenvalue weighted by Gasteiger charge is -2.30. The molecule has 2 aliphatic rings. The fourth-order valence-corrected chi connectivity index (χ4v) is 3.80. The summed E-state index contributed by atoms with van der Waals surface area (Å²) >= 11 is 0. The van der Waals surface area contributed by atoms with Gasteiger partial charge in [-0.2, -0.15) is 4.98 Å². The summed E-state index contributed by atoms with van der Waals surface area (Å²) in [6.07, 6.45) is 8.08. The molecular weight excluding hydrogens is 318 g/mol. The molecule has 7 heteroatoms. The average Bonchev–Trinajstić information content (AvgIpc) is 2.62. The molecule has 0 atom stereocenters. The summed E-state index contributed by atoms with van der Waals surface area (Å²) in [6.45, 7) is 0. The molecule has 0 radical (unpaired) electrons. The van der Waals surface area contributed by atoms with E-state index in [0.29, 0.717) is 6.04 Å². The lowest BCUT2D eigenvalue weighted by molar-refractivity contribution is 0.162. The molecule has 1 aromatic rings. The maximum atomic E-state index is 11.3. The number of aromatic nitrogens is 2. The van der Waals surface area contributed by atoms with Crippen LogP contribution in [0.15, 0.2) is 0 Å². The second-order valence-electron chi connectivity index (χ2n) is 7.23. The number of nitrogens with one attached hydrogen (secondary N) is 2. The van der Waals surface area contributed by atoms with E-state index in [9.17, 15) is 4.79 Å². The van der Waals surface area contributed by atoms with Crippen molar-refractivity contribution in [3.63, 3.8) is 0 Å². The second-order valence-corrected chi connectivity index (χ2v) is 7.23. The molecular formula is C18H29N5O2. The van der Waals surface area contributed by atoms with Crippen LogP contribution in [0.3, 0.4) is 0 Å². The van der Waals surface area contributed by atoms with Gasteiger partial charge in [0.2, 0.25) is 5.95 Å². The second kappa shape index (κ2) is 7.89. The van der Waals surface area contributed by atoms with Crippen LogP contribution in [0.4, 0.5) is 16.6 Å². The van der Waals surface area contributed by atoms with E-state index in [1.807, 2.05) is 14.1 Å². The Kier molecular flexibility index (Phi) is 5.60. The Morgan fingerprint density at radius 2 is 1.76 bits per heavy atom. The third kappa shape index (κ3) is 4.32. The summed E-state index contributed by atoms with van der Waals surface area (Å²) in [5.74, 6) is 1.79. The molecule has 3 rings (SSSR count). The Balaban J connectivity index is 1.64. The highest BCUT2D eigenvalue weighted by molar-refractivity contribution is 5.67. The fraction of sp³-hybridized carbons (Fsp3) is 0.722. The largest absolute Gasteiger partial charge is 0.453 e. The molecule has 0 aliphatic heterocycles. The number of aryl methyl sites for hydroxylation is 1. The number of fused-ring (bicyclic) bond motifs is 1. The van der Waals surface area contributed by atoms with Gasteiger partial charge in [0.05, 0.1) is 12.8 Å². The number of hydrogen-bond acceptors (Lipinski definition) is 6. The van der Waals surface area contributed by atoms with Crippen LogP contribution in [-0.2, 0) is 17.6 Å². The predicted octanol–water partition coefficient (Wildman–Crippen LogP) is 2.50. The first-order valence-corrected chi connectivity index (χ1v) is 9.25. The minimum absolute atomic E-state index is 0.201. The van der Waals surface area contributed by atoms with E-state index in [4.69, 9.17) is 9.97 Å². The topological polar surface area (TPSA) is 79.4 Å². The minimum atomic E-state index is -0.343. The maximum absolute atomic E-state index is 11.3. The molecule has 7 nitrogen and oxygen atoms in total. The van der Waals surface area contributed by atoms with Crippen molar-refractivity contribution in [3.05, 3.63) is 11.3 Å². The van der Waals surface area contributed by atoms with E-state index >= 15 is 0 Å². The molecule has 1 fully saturated rings. The highest BCUT2D eigenvalue weighted by Crippen LogP contribution is 2.29. The molecule has 2 N–H and O–H groups in total. The van der Waals surface area contributed by atoms with Gasteiger partial charge in [0.25, 0.3) is 0 Å². The Morgan fingerprint density at radius 1 is 1.08 bits per heavy atom. The average molecular weight is 347 g/mol. The van der Waals surface area contributed by atoms with E-state index in [-0.39, 0.29) is 12.1 Å². The molecule has 0 bridgehead atoms. The number of rotatable bonds is 4. The number of amides is 1. The molecule has 1 amide bonds. The van der Waals surface area contributed by atoms with Gasteiger partial charge in [-0.3, -0.25) is 0 Å². The summed E-state index contributed by atoms with van der Waals surface area (Å²) in [5.41, 5.74) is 2.52. The minimum Gasteiger partial charge on any atom is -0.453 e. The number of methoxy groups -OCH3 is 1. The van der Waals surface area contributed by atoms with E-state index in [1.165, 1.54) is 31.2 Å². The van der Waals surface area contributed by atoms with E-state index in [2.05, 4.69) is 20.3 Å². The molecule has 2 aliphatic carbocycles. The van der Waals surface area contributed by atoms with Crippen molar-refractivity contribution >= 4 is 17.9 Å². The van der Waals surface area contributed by atoms with Gasteiger partial charge in [0.15, 0.2) is 0 Å². The number of ether oxygens (including phenoxy) is 1. The van der Waals surface area contributed by atoms with Gasteiger partial charge >= 0.3 is 6.09 Å². The Bertz CT molecular complexity index is 612. The number of alkyl carbamates (subject to hydrolysis) is 1. The van der Waals surface area contributed by atoms with Gasteiger partial charge in [-0.15, -0.1) is 0 Å². The van der Waals surface area contributed by atoms with Gasteiger partial charge in [0, 0.05) is 31.7 Å². The van der Waals surface area contributed by atoms with Gasteiger partial charge in [-0.25, -0.2) is 9.78 Å². The number of anilines is 2. The molecule has 138 valence electrons. The number of nitrogens with zero attached hydrogens (tertiary/aromatic N) is 3. The summed E-state index contributed by atoms with van der Waals surface area (Å²) < 4.78 is 4.67. The van der Waals surface area contributed by atoms with Crippen molar-refractivity contribution < 1.29 is 9.53 Å². The van der Waals surface area contributed by atoms with Gasteiger partial charge in [-0.05, 0) is 51.4 Å². The molecule has 1 heterocycles. The van der Waals surface area contributed by atoms with Crippen LogP contribution >= 0.6 is 0 Å². The molecule has 0 aromatic carbocycles. The Morgan fingerprint density at radius 3 is 2.44 bits per heavy atom. The van der Waals surface area contributed by atoms with Crippen molar-refractivity contribution in [2.45, 2.75) is 63.5 Å². The van der Waals surface area contributed by atoms with Crippen molar-refractivity contribution in [1.82, 2.24) is 15.3 Å². The van der Waals surface area contributed by atoms with Gasteiger partial charge in [-0.1, -0.05) is 0 Å². The molecule has 0 saturated heterocycles. The van der Waals surface area contributed by atoms with Crippen molar-refractivity contribution in [2.75, 3.05) is 31.4 Å². The van der Waals surface area contributed by atoms with Crippen LogP contribution in [0.2, 0.25) is 0 Å². The number of carbonyl (C=O) groups excluding carboxylic acids is 1. The number of hydrogen-bond donors (Lipinski definition) is 2. The Hall–Kier alpha value is -2.05. The zero-order valence-electron chi connectivity index (χ0n) is 15.5. The van der Waals surface area contributed by atoms with Gasteiger partial charge in [0.1, 0.15) is 5.82 Å². The molecule has 0 unspecified atom stereocenters. The highest BCUT2D eigenvalue weighted by Gasteiger charge is 2.24. The van der Waals surface area contributed by atoms with Crippen LogP contribution in [0, 0.1) is 0 Å². The molecule has 1 saturated carbocycles. The van der Waals surface area contributed by atoms with E-state index < -0.39 is 0 Å². The highest BCUT2D eigenvalue weighted by atomic mass is 16.5. The van der Waals surface area contributed by atoms with E-state index in [1.54, 1.807) is 0 Å². The quantitative estimate of drug-likeness (QED) is 0.871. The first-order chi connectivity index (χ1) is 12.1. The van der Waals surface area contributed by atoms with Crippen LogP contribution in [0.1, 0.15) is 49.8 Å². The third-order valence-corrected chi connectivity index (χ3v) is 5.15. The van der Waals surface area contributed by atoms with Crippen molar-refractivity contribution in [1.29, 1.82) is 0 Å². The lowest BCUT2D eigenvalue weighted by Crippen LogP contribution is -2.40. The molecule has 0 spiro atoms. The van der Waals surface area contributed by atoms with Crippen LogP contribution in [-0.4, -0.2) is 49.4 Å². The number of carbonyl (C=O) groups is 1. The van der Waals surface area contributed by atoms with Gasteiger partial charge < -0.3 is 20.3 Å². The first-order valence-electron chi connectivity index (χ1n) is 9.25. The zero-order valence-corrected chi connectivity index (χ0v) is 15.5. The maximum Gasteiger partial charge on any atom is 0.407 e. The standard InChI is InChI=1S/C18H29N5O2/c1-23(2)16-14-6-4-5-7-15(14)21-17(22-16)19-12-8-10-13(11-9-12)20-18(24)25-3/h12-13H,4-11H2,1-3H3,(H,20,24)(H,19,21,22). The SMILES string of the molecule is COC(=O)NC1CCC(Nc2nc3c(c(N(C)C)n2)CCCC3)CC1. The summed E-state index contributed by atoms with van der Waals surface area (Å²) in [6, 6.07) is 0.555. The molecule has 25 heavy (non-hydrogen) atoms. The summed E-state index contributed by atoms with van der Waals surface area (Å²) in [7, 11) is 5.49. The van der Waals surface area contributed by atoms with E-state index in [0.717, 1.165) is 50.3 Å². The normalized spacial score (nSPS) is 22.7. The predicted molar refractivity (Wildman–Crippen MR) is 98.2 cm³/mol. The van der Waals surface area contributed by atoms with Crippen LogP contribution < -0.4 is 15.5 Å². The summed E-state index contributed by atoms with van der Waals surface area (Å²) in [5, 5.41) is 6.41. The van der Waals surface area contributed by atoms with Crippen LogP contribution in [0.25, 0.3) is 0 Å². The van der Waals surface area contributed by atoms with Crippen molar-refractivity contribution in [2.24, 2.45) is 0 Å². The first kappa shape index (κ1) is 17.8. The smallest absolute Gasteiger partial charge is 0.407 e. The summed E-state index contributed by atoms with van der Waals surface area (Å²) in [4.78, 5) is 23.0.